The van der Waals surface area contributed by atoms with Crippen molar-refractivity contribution >= 4 is 17.7 Å². The van der Waals surface area contributed by atoms with Gasteiger partial charge < -0.3 is 5.11 Å². The van der Waals surface area contributed by atoms with E-state index in [1.54, 1.807) is 6.92 Å². The molecule has 5 heteroatoms. The summed E-state index contributed by atoms with van der Waals surface area (Å²) in [6.45, 7) is 1.71. The molecule has 1 aliphatic rings. The van der Waals surface area contributed by atoms with Gasteiger partial charge in [0.05, 0.1) is 11.4 Å². The molecule has 0 radical (unpaired) electrons. The van der Waals surface area contributed by atoms with E-state index in [2.05, 4.69) is 15.9 Å². The van der Waals surface area contributed by atoms with Gasteiger partial charge in [0.25, 0.3) is 0 Å². The second kappa shape index (κ2) is 4.76. The number of thioether (sulfide) groups is 1. The molecule has 0 spiro atoms. The zero-order chi connectivity index (χ0) is 12.4. The topological polar surface area (TPSA) is 63.1 Å². The molecule has 0 aromatic carbocycles. The normalized spacial score (nSPS) is 14.4. The molecule has 0 aliphatic heterocycles. The molecule has 0 unspecified atom stereocenters. The molecule has 1 saturated carbocycles. The van der Waals surface area contributed by atoms with Crippen LogP contribution in [0.25, 0.3) is 0 Å². The summed E-state index contributed by atoms with van der Waals surface area (Å²) in [5.41, 5.74) is 0.698. The third-order valence-corrected chi connectivity index (χ3v) is 3.40. The highest BCUT2D eigenvalue weighted by molar-refractivity contribution is 7.99. The largest absolute Gasteiger partial charge is 0.478 e. The summed E-state index contributed by atoms with van der Waals surface area (Å²) in [6, 6.07) is 0. The highest BCUT2D eigenvalue weighted by Gasteiger charge is 2.29. The highest BCUT2D eigenvalue weighted by Crippen LogP contribution is 2.39. The van der Waals surface area contributed by atoms with Crippen LogP contribution < -0.4 is 0 Å². The second-order valence-corrected chi connectivity index (χ2v) is 4.88. The fourth-order valence-electron chi connectivity index (χ4n) is 1.55. The third-order valence-electron chi connectivity index (χ3n) is 2.52. The fraction of sp³-hybridized carbons (Fsp3) is 0.417. The molecule has 0 bridgehead atoms. The number of carboxylic acids is 1. The lowest BCUT2D eigenvalue weighted by atomic mass is 10.2. The fourth-order valence-corrected chi connectivity index (χ4v) is 2.31. The van der Waals surface area contributed by atoms with Gasteiger partial charge in [-0.05, 0) is 19.8 Å². The number of carboxylic acid groups (broad SMARTS) is 1. The first-order valence-corrected chi connectivity index (χ1v) is 6.30. The molecule has 1 aliphatic carbocycles. The van der Waals surface area contributed by atoms with Crippen LogP contribution in [0.3, 0.4) is 0 Å². The van der Waals surface area contributed by atoms with Crippen LogP contribution >= 0.6 is 11.8 Å². The van der Waals surface area contributed by atoms with Crippen LogP contribution in [0.5, 0.6) is 0 Å². The molecule has 1 aromatic heterocycles. The first-order chi connectivity index (χ1) is 8.13. The minimum absolute atomic E-state index is 0.176. The van der Waals surface area contributed by atoms with Crippen LogP contribution in [0.15, 0.2) is 5.03 Å². The summed E-state index contributed by atoms with van der Waals surface area (Å²) in [5.74, 6) is 3.06. The monoisotopic (exact) mass is 248 g/mol. The van der Waals surface area contributed by atoms with Crippen molar-refractivity contribution in [2.45, 2.75) is 30.7 Å². The zero-order valence-electron chi connectivity index (χ0n) is 9.43. The van der Waals surface area contributed by atoms with E-state index in [1.165, 1.54) is 11.8 Å². The van der Waals surface area contributed by atoms with Crippen LogP contribution in [0.1, 0.15) is 40.6 Å². The van der Waals surface area contributed by atoms with Crippen LogP contribution in [-0.4, -0.2) is 26.8 Å². The summed E-state index contributed by atoms with van der Waals surface area (Å²) in [4.78, 5) is 19.8. The standard InChI is InChI=1S/C12H12N2O2S/c1-3-6-17-11-9(12(15)16)7(2)13-10(14-11)8-4-5-8/h1,8H,4-6H2,2H3,(H,15,16). The summed E-state index contributed by atoms with van der Waals surface area (Å²) in [6.07, 6.45) is 7.37. The van der Waals surface area contributed by atoms with E-state index in [-0.39, 0.29) is 5.56 Å². The first kappa shape index (κ1) is 11.9. The van der Waals surface area contributed by atoms with E-state index in [9.17, 15) is 4.79 Å². The molecule has 88 valence electrons. The number of aromatic nitrogens is 2. The number of rotatable bonds is 4. The molecule has 1 aromatic rings. The van der Waals surface area contributed by atoms with Gasteiger partial charge in [0.2, 0.25) is 0 Å². The minimum Gasteiger partial charge on any atom is -0.478 e. The van der Waals surface area contributed by atoms with E-state index >= 15 is 0 Å². The van der Waals surface area contributed by atoms with Crippen molar-refractivity contribution in [2.75, 3.05) is 5.75 Å². The lowest BCUT2D eigenvalue weighted by Gasteiger charge is -2.08. The van der Waals surface area contributed by atoms with Crippen molar-refractivity contribution in [3.63, 3.8) is 0 Å². The Morgan fingerprint density at radius 2 is 2.29 bits per heavy atom. The van der Waals surface area contributed by atoms with Gasteiger partial charge in [-0.3, -0.25) is 0 Å². The zero-order valence-corrected chi connectivity index (χ0v) is 10.3. The number of terminal acetylenes is 1. The molecule has 2 rings (SSSR count). The van der Waals surface area contributed by atoms with Crippen LogP contribution in [0.4, 0.5) is 0 Å². The quantitative estimate of drug-likeness (QED) is 0.502. The minimum atomic E-state index is -0.996. The maximum absolute atomic E-state index is 11.2. The van der Waals surface area contributed by atoms with Crippen molar-refractivity contribution < 1.29 is 9.90 Å². The Hall–Kier alpha value is -1.54. The first-order valence-electron chi connectivity index (χ1n) is 5.31. The number of hydrogen-bond donors (Lipinski definition) is 1. The molecule has 1 fully saturated rings. The lowest BCUT2D eigenvalue weighted by molar-refractivity contribution is 0.0690. The Kier molecular flexibility index (Phi) is 3.34. The smallest absolute Gasteiger partial charge is 0.340 e. The summed E-state index contributed by atoms with van der Waals surface area (Å²) in [5, 5.41) is 9.64. The molecule has 17 heavy (non-hydrogen) atoms. The predicted molar refractivity (Wildman–Crippen MR) is 65.3 cm³/mol. The van der Waals surface area contributed by atoms with E-state index in [0.29, 0.717) is 22.4 Å². The number of hydrogen-bond acceptors (Lipinski definition) is 4. The molecular formula is C12H12N2O2S. The third kappa shape index (κ3) is 2.59. The average Bonchev–Trinajstić information content (AvgIpc) is 3.08. The summed E-state index contributed by atoms with van der Waals surface area (Å²) < 4.78 is 0. The number of nitrogens with zero attached hydrogens (tertiary/aromatic N) is 2. The lowest BCUT2D eigenvalue weighted by Crippen LogP contribution is -2.09. The van der Waals surface area contributed by atoms with Gasteiger partial charge in [0.15, 0.2) is 0 Å². The van der Waals surface area contributed by atoms with Crippen molar-refractivity contribution in [1.82, 2.24) is 9.97 Å². The maximum Gasteiger partial charge on any atom is 0.340 e. The Morgan fingerprint density at radius 1 is 1.59 bits per heavy atom. The van der Waals surface area contributed by atoms with E-state index in [1.807, 2.05) is 0 Å². The van der Waals surface area contributed by atoms with Crippen LogP contribution in [0, 0.1) is 19.3 Å². The molecule has 1 heterocycles. The number of aromatic carboxylic acids is 1. The van der Waals surface area contributed by atoms with Crippen molar-refractivity contribution in [2.24, 2.45) is 0 Å². The van der Waals surface area contributed by atoms with Gasteiger partial charge >= 0.3 is 5.97 Å². The summed E-state index contributed by atoms with van der Waals surface area (Å²) in [7, 11) is 0. The Labute approximate surface area is 104 Å². The SMILES string of the molecule is C#CCSc1nc(C2CC2)nc(C)c1C(=O)O. The van der Waals surface area contributed by atoms with Gasteiger partial charge in [0.1, 0.15) is 16.4 Å². The highest BCUT2D eigenvalue weighted by atomic mass is 32.2. The molecule has 0 atom stereocenters. The van der Waals surface area contributed by atoms with E-state index in [4.69, 9.17) is 11.5 Å². The van der Waals surface area contributed by atoms with Gasteiger partial charge in [-0.25, -0.2) is 14.8 Å². The molecule has 0 saturated heterocycles. The van der Waals surface area contributed by atoms with Gasteiger partial charge in [-0.1, -0.05) is 17.7 Å². The van der Waals surface area contributed by atoms with Gasteiger partial charge in [-0.2, -0.15) is 0 Å². The van der Waals surface area contributed by atoms with Crippen LogP contribution in [-0.2, 0) is 0 Å². The Morgan fingerprint density at radius 3 is 2.82 bits per heavy atom. The second-order valence-electron chi connectivity index (χ2n) is 3.92. The molecule has 0 amide bonds. The van der Waals surface area contributed by atoms with E-state index in [0.717, 1.165) is 18.7 Å². The summed E-state index contributed by atoms with van der Waals surface area (Å²) >= 11 is 1.28. The van der Waals surface area contributed by atoms with Crippen molar-refractivity contribution in [1.29, 1.82) is 0 Å². The Balaban J connectivity index is 2.42. The van der Waals surface area contributed by atoms with E-state index < -0.39 is 5.97 Å². The average molecular weight is 248 g/mol. The maximum atomic E-state index is 11.2. The van der Waals surface area contributed by atoms with Crippen LogP contribution in [0.2, 0.25) is 0 Å². The molecule has 4 nitrogen and oxygen atoms in total. The number of aryl methyl sites for hydroxylation is 1. The predicted octanol–water partition coefficient (Wildman–Crippen LogP) is 2.09. The van der Waals surface area contributed by atoms with Crippen molar-refractivity contribution in [3.8, 4) is 12.3 Å². The van der Waals surface area contributed by atoms with Crippen molar-refractivity contribution in [3.05, 3.63) is 17.1 Å². The van der Waals surface area contributed by atoms with Gasteiger partial charge in [0, 0.05) is 5.92 Å². The Bertz CT molecular complexity index is 504. The molecular weight excluding hydrogens is 236 g/mol. The number of carbonyl (C=O) groups is 1. The molecule has 1 N–H and O–H groups in total. The van der Waals surface area contributed by atoms with Gasteiger partial charge in [-0.15, -0.1) is 6.42 Å².